The third-order valence-corrected chi connectivity index (χ3v) is 3.00. The van der Waals surface area contributed by atoms with E-state index in [0.717, 1.165) is 0 Å². The predicted molar refractivity (Wildman–Crippen MR) is 52.9 cm³/mol. The molecule has 1 saturated carbocycles. The summed E-state index contributed by atoms with van der Waals surface area (Å²) in [5.74, 6) is -3.23. The van der Waals surface area contributed by atoms with Gasteiger partial charge in [-0.25, -0.2) is 8.78 Å². The van der Waals surface area contributed by atoms with E-state index in [9.17, 15) is 8.78 Å². The van der Waals surface area contributed by atoms with Gasteiger partial charge in [0.1, 0.15) is 0 Å². The molecule has 2 N–H and O–H groups in total. The molecule has 0 amide bonds. The third-order valence-electron chi connectivity index (χ3n) is 3.00. The Kier molecular flexibility index (Phi) is 4.03. The second kappa shape index (κ2) is 4.72. The zero-order valence-corrected chi connectivity index (χ0v) is 9.26. The fraction of sp³-hybridized carbons (Fsp3) is 1.00. The van der Waals surface area contributed by atoms with Crippen LogP contribution >= 0.6 is 0 Å². The van der Waals surface area contributed by atoms with E-state index in [4.69, 9.17) is 15.2 Å². The van der Waals surface area contributed by atoms with Gasteiger partial charge in [-0.3, -0.25) is 0 Å². The zero-order valence-electron chi connectivity index (χ0n) is 9.26. The normalized spacial score (nSPS) is 26.6. The minimum absolute atomic E-state index is 0.103. The summed E-state index contributed by atoms with van der Waals surface area (Å²) in [6.07, 6.45) is 0. The molecule has 15 heavy (non-hydrogen) atoms. The van der Waals surface area contributed by atoms with Crippen LogP contribution in [0.4, 0.5) is 8.78 Å². The van der Waals surface area contributed by atoms with Gasteiger partial charge in [0.15, 0.2) is 0 Å². The van der Waals surface area contributed by atoms with Gasteiger partial charge >= 0.3 is 0 Å². The Labute approximate surface area is 88.9 Å². The summed E-state index contributed by atoms with van der Waals surface area (Å²) in [7, 11) is 0. The summed E-state index contributed by atoms with van der Waals surface area (Å²) in [6, 6.07) is 0. The van der Waals surface area contributed by atoms with Crippen LogP contribution in [-0.4, -0.2) is 38.9 Å². The van der Waals surface area contributed by atoms with E-state index in [1.165, 1.54) is 0 Å². The van der Waals surface area contributed by atoms with Crippen LogP contribution in [0.15, 0.2) is 0 Å². The molecule has 1 unspecified atom stereocenters. The third kappa shape index (κ3) is 2.65. The van der Waals surface area contributed by atoms with Gasteiger partial charge < -0.3 is 15.2 Å². The number of alkyl halides is 2. The largest absolute Gasteiger partial charge is 0.379 e. The number of hydrogen-bond acceptors (Lipinski definition) is 3. The summed E-state index contributed by atoms with van der Waals surface area (Å²) >= 11 is 0. The number of nitrogens with two attached hydrogens (primary N) is 1. The molecule has 0 aromatic heterocycles. The Balaban J connectivity index is 2.03. The van der Waals surface area contributed by atoms with Crippen LogP contribution in [-0.2, 0) is 9.47 Å². The molecular formula is C10H19F2NO2. The summed E-state index contributed by atoms with van der Waals surface area (Å²) < 4.78 is 36.3. The molecular weight excluding hydrogens is 204 g/mol. The first kappa shape index (κ1) is 12.8. The molecule has 0 bridgehead atoms. The van der Waals surface area contributed by atoms with Crippen LogP contribution in [0.25, 0.3) is 0 Å². The van der Waals surface area contributed by atoms with E-state index < -0.39 is 17.3 Å². The van der Waals surface area contributed by atoms with Crippen LogP contribution < -0.4 is 5.73 Å². The molecule has 1 fully saturated rings. The smallest absolute Gasteiger partial charge is 0.259 e. The summed E-state index contributed by atoms with van der Waals surface area (Å²) in [5.41, 5.74) is 4.30. The van der Waals surface area contributed by atoms with Gasteiger partial charge in [-0.05, 0) is 0 Å². The number of rotatable bonds is 7. The molecule has 5 heteroatoms. The molecule has 90 valence electrons. The second-order valence-electron chi connectivity index (χ2n) is 4.37. The van der Waals surface area contributed by atoms with Crippen molar-refractivity contribution in [1.29, 1.82) is 0 Å². The number of hydrogen-bond donors (Lipinski definition) is 1. The van der Waals surface area contributed by atoms with Crippen LogP contribution in [0.1, 0.15) is 13.8 Å². The molecule has 0 aromatic carbocycles. The van der Waals surface area contributed by atoms with Gasteiger partial charge in [0, 0.05) is 12.0 Å². The molecule has 0 heterocycles. The minimum atomic E-state index is -2.58. The van der Waals surface area contributed by atoms with Crippen molar-refractivity contribution in [2.45, 2.75) is 19.8 Å². The van der Waals surface area contributed by atoms with Gasteiger partial charge in [0.05, 0.1) is 32.3 Å². The van der Waals surface area contributed by atoms with E-state index in [1.54, 1.807) is 13.8 Å². The van der Waals surface area contributed by atoms with E-state index in [2.05, 4.69) is 0 Å². The molecule has 0 spiro atoms. The van der Waals surface area contributed by atoms with Crippen molar-refractivity contribution in [2.75, 3.05) is 33.0 Å². The summed E-state index contributed by atoms with van der Waals surface area (Å²) in [5, 5.41) is 0. The van der Waals surface area contributed by atoms with Gasteiger partial charge in [-0.1, -0.05) is 13.8 Å². The highest BCUT2D eigenvalue weighted by atomic mass is 19.3. The molecule has 1 rings (SSSR count). The first-order valence-corrected chi connectivity index (χ1v) is 5.18. The van der Waals surface area contributed by atoms with Crippen LogP contribution in [0, 0.1) is 11.3 Å². The quantitative estimate of drug-likeness (QED) is 0.661. The molecule has 0 aliphatic heterocycles. The molecule has 0 aromatic rings. The van der Waals surface area contributed by atoms with E-state index in [0.29, 0.717) is 26.4 Å². The first-order chi connectivity index (χ1) is 6.94. The molecule has 3 nitrogen and oxygen atoms in total. The fourth-order valence-electron chi connectivity index (χ4n) is 1.57. The van der Waals surface area contributed by atoms with Gasteiger partial charge in [-0.15, -0.1) is 0 Å². The molecule has 1 atom stereocenters. The summed E-state index contributed by atoms with van der Waals surface area (Å²) in [6.45, 7) is 4.94. The van der Waals surface area contributed by atoms with E-state index >= 15 is 0 Å². The fourth-order valence-corrected chi connectivity index (χ4v) is 1.57. The number of ether oxygens (including phenoxy) is 2. The highest BCUT2D eigenvalue weighted by Gasteiger charge is 2.74. The molecule has 0 saturated heterocycles. The lowest BCUT2D eigenvalue weighted by Gasteiger charge is -2.04. The highest BCUT2D eigenvalue weighted by molar-refractivity contribution is 5.12. The number of halogens is 2. The Bertz CT molecular complexity index is 196. The monoisotopic (exact) mass is 223 g/mol. The van der Waals surface area contributed by atoms with E-state index in [1.807, 2.05) is 0 Å². The van der Waals surface area contributed by atoms with Crippen LogP contribution in [0.3, 0.4) is 0 Å². The lowest BCUT2D eigenvalue weighted by atomic mass is 10.1. The Morgan fingerprint density at radius 1 is 1.13 bits per heavy atom. The average Bonchev–Trinajstić information content (AvgIpc) is 2.52. The van der Waals surface area contributed by atoms with Crippen LogP contribution in [0.2, 0.25) is 0 Å². The SMILES string of the molecule is CC1(C)C(COCCOCCN)C1(F)F. The maximum atomic E-state index is 13.1. The van der Waals surface area contributed by atoms with Gasteiger partial charge in [0.2, 0.25) is 0 Å². The Morgan fingerprint density at radius 2 is 1.67 bits per heavy atom. The van der Waals surface area contributed by atoms with Crippen molar-refractivity contribution >= 4 is 0 Å². The van der Waals surface area contributed by atoms with Crippen LogP contribution in [0.5, 0.6) is 0 Å². The summed E-state index contributed by atoms with van der Waals surface area (Å²) in [4.78, 5) is 0. The van der Waals surface area contributed by atoms with Crippen molar-refractivity contribution in [2.24, 2.45) is 17.1 Å². The van der Waals surface area contributed by atoms with Crippen molar-refractivity contribution in [1.82, 2.24) is 0 Å². The Hall–Kier alpha value is -0.260. The lowest BCUT2D eigenvalue weighted by molar-refractivity contribution is 0.0222. The lowest BCUT2D eigenvalue weighted by Crippen LogP contribution is -2.13. The zero-order chi connectivity index (χ0) is 11.5. The first-order valence-electron chi connectivity index (χ1n) is 5.18. The molecule has 1 aliphatic carbocycles. The van der Waals surface area contributed by atoms with Crippen molar-refractivity contribution < 1.29 is 18.3 Å². The van der Waals surface area contributed by atoms with E-state index in [-0.39, 0.29) is 6.61 Å². The second-order valence-corrected chi connectivity index (χ2v) is 4.37. The van der Waals surface area contributed by atoms with Gasteiger partial charge in [-0.2, -0.15) is 0 Å². The predicted octanol–water partition coefficient (Wildman–Crippen LogP) is 1.27. The van der Waals surface area contributed by atoms with Crippen molar-refractivity contribution in [3.63, 3.8) is 0 Å². The van der Waals surface area contributed by atoms with Crippen molar-refractivity contribution in [3.05, 3.63) is 0 Å². The van der Waals surface area contributed by atoms with Crippen molar-refractivity contribution in [3.8, 4) is 0 Å². The molecule has 1 aliphatic rings. The maximum Gasteiger partial charge on any atom is 0.259 e. The standard InChI is InChI=1S/C10H19F2NO2/c1-9(2)8(10(9,11)12)7-15-6-5-14-4-3-13/h8H,3-7,13H2,1-2H3. The van der Waals surface area contributed by atoms with Gasteiger partial charge in [0.25, 0.3) is 5.92 Å². The highest BCUT2D eigenvalue weighted by Crippen LogP contribution is 2.65. The topological polar surface area (TPSA) is 44.5 Å². The molecule has 0 radical (unpaired) electrons. The maximum absolute atomic E-state index is 13.1. The average molecular weight is 223 g/mol. The Morgan fingerprint density at radius 3 is 2.13 bits per heavy atom. The minimum Gasteiger partial charge on any atom is -0.379 e.